The molecule has 2 nitrogen and oxygen atoms in total. The summed E-state index contributed by atoms with van der Waals surface area (Å²) in [5.41, 5.74) is 0.653. The summed E-state index contributed by atoms with van der Waals surface area (Å²) < 4.78 is 0. The molecule has 1 rings (SSSR count). The van der Waals surface area contributed by atoms with E-state index in [4.69, 9.17) is 0 Å². The summed E-state index contributed by atoms with van der Waals surface area (Å²) in [5.74, 6) is 0. The minimum atomic E-state index is 0. The largest absolute Gasteiger partial charge is 0.308 e. The van der Waals surface area contributed by atoms with Gasteiger partial charge in [-0.1, -0.05) is 78.6 Å². The molecule has 154 valence electrons. The zero-order chi connectivity index (χ0) is 17.2. The van der Waals surface area contributed by atoms with Crippen molar-refractivity contribution in [2.75, 3.05) is 20.1 Å². The first-order chi connectivity index (χ1) is 11.1. The number of rotatable bonds is 12. The van der Waals surface area contributed by atoms with Gasteiger partial charge in [0, 0.05) is 24.2 Å². The molecule has 1 saturated heterocycles. The van der Waals surface area contributed by atoms with Gasteiger partial charge in [0.2, 0.25) is 0 Å². The van der Waals surface area contributed by atoms with Crippen molar-refractivity contribution in [2.45, 2.75) is 116 Å². The molecule has 1 fully saturated rings. The zero-order valence-electron chi connectivity index (χ0n) is 17.7. The van der Waals surface area contributed by atoms with Crippen LogP contribution >= 0.6 is 24.8 Å². The lowest BCUT2D eigenvalue weighted by Gasteiger charge is -2.58. The van der Waals surface area contributed by atoms with E-state index >= 15 is 0 Å². The van der Waals surface area contributed by atoms with Crippen LogP contribution < -0.4 is 5.32 Å². The van der Waals surface area contributed by atoms with Gasteiger partial charge in [-0.15, -0.1) is 24.8 Å². The van der Waals surface area contributed by atoms with Gasteiger partial charge in [0.05, 0.1) is 0 Å². The lowest BCUT2D eigenvalue weighted by atomic mass is 9.66. The van der Waals surface area contributed by atoms with Crippen molar-refractivity contribution in [3.8, 4) is 0 Å². The molecule has 0 spiro atoms. The molecule has 1 atom stereocenters. The zero-order valence-corrected chi connectivity index (χ0v) is 19.3. The molecule has 0 aromatic heterocycles. The summed E-state index contributed by atoms with van der Waals surface area (Å²) in [6, 6.07) is 0. The Morgan fingerprint density at radius 1 is 0.760 bits per heavy atom. The van der Waals surface area contributed by atoms with Crippen molar-refractivity contribution in [2.24, 2.45) is 0 Å². The molecular formula is C21H46Cl2N2. The van der Waals surface area contributed by atoms with E-state index in [0.29, 0.717) is 11.1 Å². The smallest absolute Gasteiger partial charge is 0.0363 e. The summed E-state index contributed by atoms with van der Waals surface area (Å²) in [6.45, 7) is 11.9. The van der Waals surface area contributed by atoms with Crippen molar-refractivity contribution in [3.05, 3.63) is 0 Å². The van der Waals surface area contributed by atoms with Crippen LogP contribution in [0.15, 0.2) is 0 Å². The second kappa shape index (κ2) is 14.5. The third-order valence-electron chi connectivity index (χ3n) is 6.47. The number of hydrogen-bond acceptors (Lipinski definition) is 2. The van der Waals surface area contributed by atoms with Gasteiger partial charge in [0.25, 0.3) is 0 Å². The van der Waals surface area contributed by atoms with Gasteiger partial charge in [-0.25, -0.2) is 0 Å². The fourth-order valence-electron chi connectivity index (χ4n) is 4.61. The van der Waals surface area contributed by atoms with Crippen molar-refractivity contribution in [1.82, 2.24) is 10.2 Å². The van der Waals surface area contributed by atoms with E-state index in [9.17, 15) is 0 Å². The van der Waals surface area contributed by atoms with Crippen molar-refractivity contribution < 1.29 is 0 Å². The Balaban J connectivity index is 0. The monoisotopic (exact) mass is 396 g/mol. The molecule has 1 N–H and O–H groups in total. The Morgan fingerprint density at radius 2 is 1.20 bits per heavy atom. The molecule has 0 saturated carbocycles. The summed E-state index contributed by atoms with van der Waals surface area (Å²) in [5, 5.41) is 4.06. The van der Waals surface area contributed by atoms with E-state index in [2.05, 4.69) is 45.0 Å². The third kappa shape index (κ3) is 7.56. The van der Waals surface area contributed by atoms with Crippen molar-refractivity contribution >= 4 is 24.8 Å². The van der Waals surface area contributed by atoms with Crippen LogP contribution in [0.5, 0.6) is 0 Å². The van der Waals surface area contributed by atoms with Crippen LogP contribution in [0.2, 0.25) is 0 Å². The van der Waals surface area contributed by atoms with Crippen LogP contribution in [0.1, 0.15) is 105 Å². The van der Waals surface area contributed by atoms with E-state index in [0.717, 1.165) is 6.54 Å². The first kappa shape index (κ1) is 27.7. The Morgan fingerprint density at radius 3 is 1.64 bits per heavy atom. The molecule has 0 bridgehead atoms. The van der Waals surface area contributed by atoms with Gasteiger partial charge in [0.15, 0.2) is 0 Å². The van der Waals surface area contributed by atoms with E-state index in [1.54, 1.807) is 0 Å². The molecule has 0 amide bonds. The van der Waals surface area contributed by atoms with Gasteiger partial charge in [-0.3, -0.25) is 4.90 Å². The molecule has 0 aliphatic carbocycles. The van der Waals surface area contributed by atoms with Gasteiger partial charge in [-0.2, -0.15) is 0 Å². The highest BCUT2D eigenvalue weighted by Gasteiger charge is 2.50. The number of piperazine rings is 1. The van der Waals surface area contributed by atoms with Crippen molar-refractivity contribution in [1.29, 1.82) is 0 Å². The lowest BCUT2D eigenvalue weighted by Crippen LogP contribution is -2.72. The highest BCUT2D eigenvalue weighted by atomic mass is 35.5. The molecule has 0 aromatic rings. The molecule has 1 aliphatic heterocycles. The number of unbranched alkanes of at least 4 members (excludes halogenated alkanes) is 6. The second-order valence-electron chi connectivity index (χ2n) is 8.08. The standard InChI is InChI=1S/C21H44N2.2ClH/c1-6-9-12-15-20(4)21(16-13-10-7-2,17-14-11-8-3)22-18-19-23(20)5;;/h22H,6-19H2,1-5H3;2*1H. The van der Waals surface area contributed by atoms with Crippen LogP contribution in [0.25, 0.3) is 0 Å². The predicted molar refractivity (Wildman–Crippen MR) is 119 cm³/mol. The van der Waals surface area contributed by atoms with E-state index < -0.39 is 0 Å². The SMILES string of the molecule is CCCCCC1(CCCCC)NCCN(C)C1(C)CCCCC.Cl.Cl. The normalized spacial score (nSPS) is 22.9. The molecule has 0 aromatic carbocycles. The van der Waals surface area contributed by atoms with Gasteiger partial charge >= 0.3 is 0 Å². The minimum absolute atomic E-state index is 0. The van der Waals surface area contributed by atoms with Gasteiger partial charge in [0.1, 0.15) is 0 Å². The van der Waals surface area contributed by atoms with E-state index in [1.807, 2.05) is 0 Å². The summed E-state index contributed by atoms with van der Waals surface area (Å²) in [4.78, 5) is 2.69. The molecular weight excluding hydrogens is 351 g/mol. The average molecular weight is 398 g/mol. The molecule has 25 heavy (non-hydrogen) atoms. The van der Waals surface area contributed by atoms with Crippen LogP contribution in [0.4, 0.5) is 0 Å². The maximum Gasteiger partial charge on any atom is 0.0363 e. The van der Waals surface area contributed by atoms with Gasteiger partial charge in [-0.05, 0) is 33.2 Å². The minimum Gasteiger partial charge on any atom is -0.308 e. The van der Waals surface area contributed by atoms with Crippen LogP contribution in [0.3, 0.4) is 0 Å². The summed E-state index contributed by atoms with van der Waals surface area (Å²) in [7, 11) is 2.38. The molecule has 1 heterocycles. The Labute approximate surface area is 171 Å². The van der Waals surface area contributed by atoms with E-state index in [-0.39, 0.29) is 24.8 Å². The summed E-state index contributed by atoms with van der Waals surface area (Å²) >= 11 is 0. The number of nitrogens with zero attached hydrogens (tertiary/aromatic N) is 1. The third-order valence-corrected chi connectivity index (χ3v) is 6.47. The Bertz CT molecular complexity index is 302. The highest BCUT2D eigenvalue weighted by molar-refractivity contribution is 5.85. The topological polar surface area (TPSA) is 15.3 Å². The average Bonchev–Trinajstić information content (AvgIpc) is 2.53. The van der Waals surface area contributed by atoms with Gasteiger partial charge < -0.3 is 5.32 Å². The maximum absolute atomic E-state index is 4.06. The lowest BCUT2D eigenvalue weighted by molar-refractivity contribution is -0.0276. The Kier molecular flexibility index (Phi) is 16.1. The Hall–Kier alpha value is 0.500. The molecule has 0 radical (unpaired) electrons. The molecule has 1 unspecified atom stereocenters. The second-order valence-corrected chi connectivity index (χ2v) is 8.08. The highest BCUT2D eigenvalue weighted by Crippen LogP contribution is 2.42. The number of halogens is 2. The first-order valence-electron chi connectivity index (χ1n) is 10.5. The fraction of sp³-hybridized carbons (Fsp3) is 1.00. The number of nitrogens with one attached hydrogen (secondary N) is 1. The number of likely N-dealkylation sites (N-methyl/N-ethyl adjacent to an activating group) is 1. The van der Waals surface area contributed by atoms with Crippen molar-refractivity contribution in [3.63, 3.8) is 0 Å². The quantitative estimate of drug-likeness (QED) is 0.373. The van der Waals surface area contributed by atoms with Crippen LogP contribution in [0, 0.1) is 0 Å². The fourth-order valence-corrected chi connectivity index (χ4v) is 4.61. The first-order valence-corrected chi connectivity index (χ1v) is 10.5. The maximum atomic E-state index is 4.06. The molecule has 1 aliphatic rings. The summed E-state index contributed by atoms with van der Waals surface area (Å²) in [6.07, 6.45) is 16.3. The van der Waals surface area contributed by atoms with Crippen LogP contribution in [-0.2, 0) is 0 Å². The van der Waals surface area contributed by atoms with Crippen LogP contribution in [-0.4, -0.2) is 36.1 Å². The number of hydrogen-bond donors (Lipinski definition) is 1. The molecule has 4 heteroatoms. The predicted octanol–water partition coefficient (Wildman–Crippen LogP) is 6.60. The van der Waals surface area contributed by atoms with E-state index in [1.165, 1.54) is 83.6 Å².